The van der Waals surface area contributed by atoms with Gasteiger partial charge >= 0.3 is 5.69 Å². The third kappa shape index (κ3) is 2.54. The van der Waals surface area contributed by atoms with Crippen LogP contribution in [0.1, 0.15) is 12.8 Å². The number of pyridine rings is 1. The highest BCUT2D eigenvalue weighted by atomic mass is 16.6. The fourth-order valence-electron chi connectivity index (χ4n) is 3.00. The molecular weight excluding hydrogens is 268 g/mol. The van der Waals surface area contributed by atoms with E-state index >= 15 is 0 Å². The third-order valence-electron chi connectivity index (χ3n) is 4.07. The Balaban J connectivity index is 2.14. The number of likely N-dealkylation sites (N-methyl/N-ethyl adjacent to an activating group) is 1. The summed E-state index contributed by atoms with van der Waals surface area (Å²) in [7, 11) is 1.94. The number of benzene rings is 1. The molecule has 1 atom stereocenters. The van der Waals surface area contributed by atoms with Crippen LogP contribution >= 0.6 is 0 Å². The minimum Gasteiger partial charge on any atom is -0.364 e. The highest BCUT2D eigenvalue weighted by molar-refractivity contribution is 5.96. The minimum atomic E-state index is -0.336. The quantitative estimate of drug-likeness (QED) is 0.692. The maximum atomic E-state index is 11.4. The maximum Gasteiger partial charge on any atom is 0.311 e. The summed E-state index contributed by atoms with van der Waals surface area (Å²) in [5.74, 6) is 0. The number of piperidine rings is 1. The SMILES string of the molecule is CNC1CCCN(c2c([N+](=O)[O-])cnc3ccccc23)C1. The Morgan fingerprint density at radius 2 is 2.24 bits per heavy atom. The molecule has 0 amide bonds. The van der Waals surface area contributed by atoms with E-state index in [-0.39, 0.29) is 10.6 Å². The van der Waals surface area contributed by atoms with Gasteiger partial charge in [0, 0.05) is 24.5 Å². The van der Waals surface area contributed by atoms with E-state index in [2.05, 4.69) is 15.2 Å². The highest BCUT2D eigenvalue weighted by Crippen LogP contribution is 2.36. The lowest BCUT2D eigenvalue weighted by Gasteiger charge is -2.34. The lowest BCUT2D eigenvalue weighted by Crippen LogP contribution is -2.44. The fraction of sp³-hybridized carbons (Fsp3) is 0.400. The van der Waals surface area contributed by atoms with Crippen molar-refractivity contribution in [3.05, 3.63) is 40.6 Å². The summed E-state index contributed by atoms with van der Waals surface area (Å²) in [6.07, 6.45) is 3.50. The molecule has 1 aliphatic rings. The Morgan fingerprint density at radius 3 is 3.00 bits per heavy atom. The van der Waals surface area contributed by atoms with Crippen molar-refractivity contribution in [2.75, 3.05) is 25.0 Å². The Hall–Kier alpha value is -2.21. The largest absolute Gasteiger partial charge is 0.364 e. The predicted octanol–water partition coefficient (Wildman–Crippen LogP) is 2.33. The van der Waals surface area contributed by atoms with Gasteiger partial charge in [0.2, 0.25) is 0 Å². The summed E-state index contributed by atoms with van der Waals surface area (Å²) in [6, 6.07) is 7.97. The van der Waals surface area contributed by atoms with E-state index in [0.717, 1.165) is 36.8 Å². The normalized spacial score (nSPS) is 18.9. The van der Waals surface area contributed by atoms with Crippen LogP contribution in [0.25, 0.3) is 10.9 Å². The van der Waals surface area contributed by atoms with Crippen LogP contribution in [0.5, 0.6) is 0 Å². The van der Waals surface area contributed by atoms with Crippen molar-refractivity contribution < 1.29 is 4.92 Å². The molecule has 2 aromatic rings. The summed E-state index contributed by atoms with van der Waals surface area (Å²) >= 11 is 0. The van der Waals surface area contributed by atoms with Gasteiger partial charge in [-0.2, -0.15) is 0 Å². The van der Waals surface area contributed by atoms with Gasteiger partial charge in [-0.05, 0) is 26.0 Å². The van der Waals surface area contributed by atoms with E-state index in [4.69, 9.17) is 0 Å². The topological polar surface area (TPSA) is 71.3 Å². The van der Waals surface area contributed by atoms with Crippen molar-refractivity contribution in [2.24, 2.45) is 0 Å². The second kappa shape index (κ2) is 5.65. The van der Waals surface area contributed by atoms with Gasteiger partial charge in [0.15, 0.2) is 0 Å². The van der Waals surface area contributed by atoms with Crippen molar-refractivity contribution >= 4 is 22.3 Å². The Bertz CT molecular complexity index is 674. The molecule has 1 saturated heterocycles. The van der Waals surface area contributed by atoms with Crippen molar-refractivity contribution in [1.82, 2.24) is 10.3 Å². The molecule has 1 fully saturated rings. The lowest BCUT2D eigenvalue weighted by molar-refractivity contribution is -0.384. The first-order valence-electron chi connectivity index (χ1n) is 7.15. The van der Waals surface area contributed by atoms with Crippen LogP contribution < -0.4 is 10.2 Å². The first kappa shape index (κ1) is 13.8. The predicted molar refractivity (Wildman–Crippen MR) is 82.7 cm³/mol. The van der Waals surface area contributed by atoms with Gasteiger partial charge in [-0.15, -0.1) is 0 Å². The van der Waals surface area contributed by atoms with E-state index in [1.807, 2.05) is 31.3 Å². The van der Waals surface area contributed by atoms with Crippen LogP contribution in [0.15, 0.2) is 30.5 Å². The molecule has 1 N–H and O–H groups in total. The molecule has 0 spiro atoms. The van der Waals surface area contributed by atoms with E-state index in [1.165, 1.54) is 6.20 Å². The molecule has 6 nitrogen and oxygen atoms in total. The smallest absolute Gasteiger partial charge is 0.311 e. The van der Waals surface area contributed by atoms with Gasteiger partial charge in [0.1, 0.15) is 11.9 Å². The molecule has 6 heteroatoms. The standard InChI is InChI=1S/C15H18N4O2/c1-16-11-5-4-8-18(10-11)15-12-6-2-3-7-13(12)17-9-14(15)19(20)21/h2-3,6-7,9,11,16H,4-5,8,10H2,1H3. The number of anilines is 1. The first-order valence-corrected chi connectivity index (χ1v) is 7.15. The molecule has 3 rings (SSSR count). The second-order valence-corrected chi connectivity index (χ2v) is 5.34. The van der Waals surface area contributed by atoms with E-state index in [0.29, 0.717) is 11.7 Å². The zero-order valence-electron chi connectivity index (χ0n) is 12.0. The van der Waals surface area contributed by atoms with Crippen LogP contribution in [-0.4, -0.2) is 36.1 Å². The average molecular weight is 286 g/mol. The van der Waals surface area contributed by atoms with Crippen molar-refractivity contribution in [3.8, 4) is 0 Å². The zero-order valence-corrected chi connectivity index (χ0v) is 12.0. The average Bonchev–Trinajstić information content (AvgIpc) is 2.53. The monoisotopic (exact) mass is 286 g/mol. The van der Waals surface area contributed by atoms with Crippen LogP contribution in [0, 0.1) is 10.1 Å². The molecule has 1 aromatic carbocycles. The van der Waals surface area contributed by atoms with Crippen LogP contribution in [0.2, 0.25) is 0 Å². The summed E-state index contributed by atoms with van der Waals surface area (Å²) < 4.78 is 0. The number of para-hydroxylation sites is 1. The molecule has 110 valence electrons. The van der Waals surface area contributed by atoms with Crippen LogP contribution in [0.4, 0.5) is 11.4 Å². The number of nitrogens with zero attached hydrogens (tertiary/aromatic N) is 3. The maximum absolute atomic E-state index is 11.4. The zero-order chi connectivity index (χ0) is 14.8. The van der Waals surface area contributed by atoms with Gasteiger partial charge in [0.25, 0.3) is 0 Å². The lowest BCUT2D eigenvalue weighted by atomic mass is 10.0. The molecule has 0 saturated carbocycles. The number of fused-ring (bicyclic) bond motifs is 1. The number of nitro groups is 1. The van der Waals surface area contributed by atoms with Crippen molar-refractivity contribution in [1.29, 1.82) is 0 Å². The fourth-order valence-corrected chi connectivity index (χ4v) is 3.00. The van der Waals surface area contributed by atoms with E-state index < -0.39 is 0 Å². The molecule has 0 bridgehead atoms. The molecule has 0 radical (unpaired) electrons. The highest BCUT2D eigenvalue weighted by Gasteiger charge is 2.27. The van der Waals surface area contributed by atoms with Gasteiger partial charge < -0.3 is 10.2 Å². The summed E-state index contributed by atoms with van der Waals surface area (Å²) in [5.41, 5.74) is 1.58. The molecule has 2 heterocycles. The minimum absolute atomic E-state index is 0.0884. The number of hydrogen-bond donors (Lipinski definition) is 1. The van der Waals surface area contributed by atoms with Gasteiger partial charge in [-0.25, -0.2) is 4.98 Å². The van der Waals surface area contributed by atoms with Crippen LogP contribution in [-0.2, 0) is 0 Å². The number of nitrogens with one attached hydrogen (secondary N) is 1. The summed E-state index contributed by atoms with van der Waals surface area (Å²) in [6.45, 7) is 1.62. The molecule has 0 aliphatic carbocycles. The van der Waals surface area contributed by atoms with Gasteiger partial charge in [0.05, 0.1) is 10.4 Å². The van der Waals surface area contributed by atoms with Gasteiger partial charge in [-0.3, -0.25) is 10.1 Å². The third-order valence-corrected chi connectivity index (χ3v) is 4.07. The Kier molecular flexibility index (Phi) is 3.70. The molecular formula is C15H18N4O2. The Labute approximate surface area is 122 Å². The molecule has 1 aliphatic heterocycles. The van der Waals surface area contributed by atoms with Crippen LogP contribution in [0.3, 0.4) is 0 Å². The summed E-state index contributed by atoms with van der Waals surface area (Å²) in [5, 5.41) is 15.5. The molecule has 1 unspecified atom stereocenters. The second-order valence-electron chi connectivity index (χ2n) is 5.34. The van der Waals surface area contributed by atoms with Gasteiger partial charge in [-0.1, -0.05) is 18.2 Å². The van der Waals surface area contributed by atoms with E-state index in [1.54, 1.807) is 0 Å². The molecule has 21 heavy (non-hydrogen) atoms. The molecule has 1 aromatic heterocycles. The Morgan fingerprint density at radius 1 is 1.43 bits per heavy atom. The number of hydrogen-bond acceptors (Lipinski definition) is 5. The van der Waals surface area contributed by atoms with Crippen molar-refractivity contribution in [3.63, 3.8) is 0 Å². The number of rotatable bonds is 3. The number of aromatic nitrogens is 1. The van der Waals surface area contributed by atoms with Crippen molar-refractivity contribution in [2.45, 2.75) is 18.9 Å². The summed E-state index contributed by atoms with van der Waals surface area (Å²) in [4.78, 5) is 17.4. The van der Waals surface area contributed by atoms with E-state index in [9.17, 15) is 10.1 Å². The first-order chi connectivity index (χ1) is 10.2.